The molecule has 16 heavy (non-hydrogen) atoms. The highest BCUT2D eigenvalue weighted by Gasteiger charge is 2.36. The monoisotopic (exact) mass is 226 g/mol. The van der Waals surface area contributed by atoms with Gasteiger partial charge in [0.15, 0.2) is 0 Å². The van der Waals surface area contributed by atoms with Crippen molar-refractivity contribution in [2.24, 2.45) is 0 Å². The molecule has 94 valence electrons. The normalized spacial score (nSPS) is 25.4. The molecule has 0 aromatic rings. The average Bonchev–Trinajstić information content (AvgIpc) is 2.56. The Labute approximate surface area is 99.6 Å². The van der Waals surface area contributed by atoms with Gasteiger partial charge < -0.3 is 4.90 Å². The lowest BCUT2D eigenvalue weighted by Gasteiger charge is -2.23. The van der Waals surface area contributed by atoms with Crippen LogP contribution in [0, 0.1) is 0 Å². The summed E-state index contributed by atoms with van der Waals surface area (Å²) < 4.78 is 0. The molecular formula is C13H26N2O. The fourth-order valence-corrected chi connectivity index (χ4v) is 2.38. The Balaban J connectivity index is 2.55. The van der Waals surface area contributed by atoms with E-state index >= 15 is 0 Å². The molecule has 0 spiro atoms. The van der Waals surface area contributed by atoms with E-state index in [1.165, 1.54) is 0 Å². The van der Waals surface area contributed by atoms with Gasteiger partial charge in [-0.2, -0.15) is 0 Å². The zero-order chi connectivity index (χ0) is 12.0. The molecular weight excluding hydrogens is 200 g/mol. The minimum absolute atomic E-state index is 0.0862. The second-order valence-electron chi connectivity index (χ2n) is 4.70. The number of carbonyl (C=O) groups is 1. The highest BCUT2D eigenvalue weighted by Crippen LogP contribution is 2.18. The van der Waals surface area contributed by atoms with Gasteiger partial charge in [-0.3, -0.25) is 10.1 Å². The van der Waals surface area contributed by atoms with E-state index in [-0.39, 0.29) is 6.04 Å². The summed E-state index contributed by atoms with van der Waals surface area (Å²) in [6, 6.07) is 0.0862. The van der Waals surface area contributed by atoms with Gasteiger partial charge in [0.25, 0.3) is 0 Å². The van der Waals surface area contributed by atoms with E-state index in [0.717, 1.165) is 45.1 Å². The third-order valence-electron chi connectivity index (χ3n) is 3.22. The van der Waals surface area contributed by atoms with Crippen LogP contribution in [0.2, 0.25) is 0 Å². The van der Waals surface area contributed by atoms with Crippen molar-refractivity contribution in [3.8, 4) is 0 Å². The second-order valence-corrected chi connectivity index (χ2v) is 4.70. The van der Waals surface area contributed by atoms with Gasteiger partial charge in [-0.15, -0.1) is 0 Å². The quantitative estimate of drug-likeness (QED) is 0.723. The van der Waals surface area contributed by atoms with Crippen molar-refractivity contribution in [3.63, 3.8) is 0 Å². The smallest absolute Gasteiger partial charge is 0.241 e. The first kappa shape index (κ1) is 13.5. The van der Waals surface area contributed by atoms with Crippen molar-refractivity contribution in [1.82, 2.24) is 10.2 Å². The molecule has 0 aromatic heterocycles. The Kier molecular flexibility index (Phi) is 5.81. The first-order valence-electron chi connectivity index (χ1n) is 6.81. The molecule has 0 aliphatic carbocycles. The summed E-state index contributed by atoms with van der Waals surface area (Å²) in [6.07, 6.45) is 6.85. The van der Waals surface area contributed by atoms with Gasteiger partial charge >= 0.3 is 0 Å². The van der Waals surface area contributed by atoms with Gasteiger partial charge in [0, 0.05) is 6.54 Å². The van der Waals surface area contributed by atoms with Crippen LogP contribution in [0.4, 0.5) is 0 Å². The maximum Gasteiger partial charge on any atom is 0.241 e. The lowest BCUT2D eigenvalue weighted by Crippen LogP contribution is -2.37. The number of nitrogens with zero attached hydrogens (tertiary/aromatic N) is 1. The van der Waals surface area contributed by atoms with Gasteiger partial charge in [-0.25, -0.2) is 0 Å². The van der Waals surface area contributed by atoms with E-state index in [9.17, 15) is 4.79 Å². The van der Waals surface area contributed by atoms with Gasteiger partial charge in [0.05, 0.1) is 12.2 Å². The molecule has 0 saturated carbocycles. The molecule has 0 radical (unpaired) electrons. The van der Waals surface area contributed by atoms with Crippen LogP contribution >= 0.6 is 0 Å². The van der Waals surface area contributed by atoms with E-state index in [1.54, 1.807) is 0 Å². The zero-order valence-corrected chi connectivity index (χ0v) is 11.0. The molecule has 1 amide bonds. The van der Waals surface area contributed by atoms with Crippen LogP contribution in [-0.2, 0) is 4.79 Å². The number of carbonyl (C=O) groups excluding carboxylic acids is 1. The fourth-order valence-electron chi connectivity index (χ4n) is 2.38. The maximum absolute atomic E-state index is 12.1. The van der Waals surface area contributed by atoms with Crippen LogP contribution in [0.25, 0.3) is 0 Å². The van der Waals surface area contributed by atoms with E-state index in [0.29, 0.717) is 12.1 Å². The van der Waals surface area contributed by atoms with Gasteiger partial charge in [-0.05, 0) is 19.3 Å². The van der Waals surface area contributed by atoms with E-state index < -0.39 is 0 Å². The van der Waals surface area contributed by atoms with E-state index in [2.05, 4.69) is 26.1 Å². The highest BCUT2D eigenvalue weighted by atomic mass is 16.2. The van der Waals surface area contributed by atoms with Crippen molar-refractivity contribution in [3.05, 3.63) is 0 Å². The molecule has 1 rings (SSSR count). The van der Waals surface area contributed by atoms with E-state index in [1.807, 2.05) is 4.90 Å². The fraction of sp³-hybridized carbons (Fsp3) is 0.923. The van der Waals surface area contributed by atoms with Gasteiger partial charge in [0.2, 0.25) is 5.91 Å². The standard InChI is InChI=1S/C13H26N2O/c1-4-7-9-11-13(16)15(10-6-3)12(14-11)8-5-2/h11-12,14H,4-10H2,1-3H3. The number of nitrogens with one attached hydrogen (secondary N) is 1. The summed E-state index contributed by atoms with van der Waals surface area (Å²) in [5, 5.41) is 3.49. The number of hydrogen-bond acceptors (Lipinski definition) is 2. The van der Waals surface area contributed by atoms with Crippen LogP contribution in [-0.4, -0.2) is 29.6 Å². The van der Waals surface area contributed by atoms with E-state index in [4.69, 9.17) is 0 Å². The molecule has 1 N–H and O–H groups in total. The topological polar surface area (TPSA) is 32.3 Å². The Hall–Kier alpha value is -0.570. The Morgan fingerprint density at radius 1 is 1.12 bits per heavy atom. The Morgan fingerprint density at radius 3 is 2.44 bits per heavy atom. The molecule has 0 aromatic carbocycles. The lowest BCUT2D eigenvalue weighted by atomic mass is 10.1. The molecule has 1 aliphatic heterocycles. The largest absolute Gasteiger partial charge is 0.326 e. The molecule has 2 unspecified atom stereocenters. The molecule has 3 nitrogen and oxygen atoms in total. The molecule has 1 heterocycles. The molecule has 1 saturated heterocycles. The first-order valence-corrected chi connectivity index (χ1v) is 6.81. The summed E-state index contributed by atoms with van der Waals surface area (Å²) in [7, 11) is 0. The maximum atomic E-state index is 12.1. The molecule has 1 aliphatic rings. The van der Waals surface area contributed by atoms with Crippen LogP contribution in [0.15, 0.2) is 0 Å². The number of rotatable bonds is 7. The van der Waals surface area contributed by atoms with Crippen LogP contribution in [0.1, 0.15) is 59.3 Å². The predicted octanol–water partition coefficient (Wildman–Crippen LogP) is 2.51. The molecule has 3 heteroatoms. The number of amides is 1. The third-order valence-corrected chi connectivity index (χ3v) is 3.22. The first-order chi connectivity index (χ1) is 7.74. The molecule has 0 bridgehead atoms. The molecule has 2 atom stereocenters. The van der Waals surface area contributed by atoms with Crippen molar-refractivity contribution >= 4 is 5.91 Å². The second kappa shape index (κ2) is 6.89. The highest BCUT2D eigenvalue weighted by molar-refractivity contribution is 5.84. The summed E-state index contributed by atoms with van der Waals surface area (Å²) in [4.78, 5) is 14.2. The van der Waals surface area contributed by atoms with Crippen LogP contribution in [0.5, 0.6) is 0 Å². The van der Waals surface area contributed by atoms with Crippen LogP contribution < -0.4 is 5.32 Å². The summed E-state index contributed by atoms with van der Waals surface area (Å²) in [5.41, 5.74) is 0. The predicted molar refractivity (Wildman–Crippen MR) is 67.1 cm³/mol. The Bertz CT molecular complexity index is 218. The van der Waals surface area contributed by atoms with Crippen molar-refractivity contribution < 1.29 is 4.79 Å². The summed E-state index contributed by atoms with van der Waals surface area (Å²) >= 11 is 0. The zero-order valence-electron chi connectivity index (χ0n) is 11.0. The number of unbranched alkanes of at least 4 members (excludes halogenated alkanes) is 1. The average molecular weight is 226 g/mol. The van der Waals surface area contributed by atoms with Gasteiger partial charge in [-0.1, -0.05) is 40.0 Å². The minimum atomic E-state index is 0.0862. The van der Waals surface area contributed by atoms with Gasteiger partial charge in [0.1, 0.15) is 0 Å². The summed E-state index contributed by atoms with van der Waals surface area (Å²) in [5.74, 6) is 0.328. The van der Waals surface area contributed by atoms with Crippen molar-refractivity contribution in [2.75, 3.05) is 6.54 Å². The third kappa shape index (κ3) is 3.21. The molecule has 1 fully saturated rings. The van der Waals surface area contributed by atoms with Crippen LogP contribution in [0.3, 0.4) is 0 Å². The van der Waals surface area contributed by atoms with Crippen molar-refractivity contribution in [2.45, 2.75) is 71.5 Å². The van der Waals surface area contributed by atoms with Crippen molar-refractivity contribution in [1.29, 1.82) is 0 Å². The SMILES string of the molecule is CCCCC1NC(CCC)N(CCC)C1=O. The summed E-state index contributed by atoms with van der Waals surface area (Å²) in [6.45, 7) is 7.39. The number of hydrogen-bond donors (Lipinski definition) is 1. The Morgan fingerprint density at radius 2 is 1.88 bits per heavy atom. The lowest BCUT2D eigenvalue weighted by molar-refractivity contribution is -0.130. The minimum Gasteiger partial charge on any atom is -0.326 e.